The van der Waals surface area contributed by atoms with Crippen molar-refractivity contribution in [3.05, 3.63) is 12.2 Å². The summed E-state index contributed by atoms with van der Waals surface area (Å²) in [6.45, 7) is 8.81. The molecular weight excluding hydrogens is 1210 g/mol. The molecule has 0 radical (unpaired) electrons. The molecule has 514 valence electrons. The largest absolute Gasteiger partial charge is 0.481 e. The van der Waals surface area contributed by atoms with Crippen molar-refractivity contribution >= 4 is 94.7 Å². The van der Waals surface area contributed by atoms with Gasteiger partial charge in [-0.2, -0.15) is 0 Å². The molecule has 0 bridgehead atoms. The molecule has 33 nitrogen and oxygen atoms in total. The zero-order valence-corrected chi connectivity index (χ0v) is 53.3. The van der Waals surface area contributed by atoms with E-state index in [1.807, 2.05) is 16.7 Å². The molecule has 0 aromatic rings. The van der Waals surface area contributed by atoms with Crippen LogP contribution in [0.2, 0.25) is 0 Å². The van der Waals surface area contributed by atoms with Crippen molar-refractivity contribution in [2.45, 2.75) is 218 Å². The lowest BCUT2D eigenvalue weighted by molar-refractivity contribution is -0.149. The van der Waals surface area contributed by atoms with Crippen LogP contribution in [0.15, 0.2) is 12.2 Å². The number of carboxylic acids is 3. The molecule has 3 saturated heterocycles. The van der Waals surface area contributed by atoms with Crippen LogP contribution in [0.3, 0.4) is 0 Å². The van der Waals surface area contributed by atoms with Crippen molar-refractivity contribution in [2.24, 2.45) is 29.2 Å². The number of rotatable bonds is 23. The molecule has 13 amide bonds. The number of primary amides is 1. The lowest BCUT2D eigenvalue weighted by Gasteiger charge is -2.39. The molecule has 17 N–H and O–H groups in total. The van der Waals surface area contributed by atoms with Gasteiger partial charge in [0.15, 0.2) is 0 Å². The third-order valence-electron chi connectivity index (χ3n) is 15.8. The molecule has 3 aliphatic heterocycles. The van der Waals surface area contributed by atoms with E-state index >= 15 is 4.79 Å². The predicted octanol–water partition coefficient (Wildman–Crippen LogP) is -3.62. The van der Waals surface area contributed by atoms with Crippen molar-refractivity contribution in [2.75, 3.05) is 26.2 Å². The van der Waals surface area contributed by atoms with Crippen LogP contribution in [0.1, 0.15) is 151 Å². The number of allylic oxidation sites excluding steroid dienone is 1. The third-order valence-corrected chi connectivity index (χ3v) is 15.8. The van der Waals surface area contributed by atoms with E-state index in [4.69, 9.17) is 11.5 Å². The van der Waals surface area contributed by atoms with Crippen molar-refractivity contribution in [1.29, 1.82) is 0 Å². The van der Waals surface area contributed by atoms with Gasteiger partial charge in [0.1, 0.15) is 54.4 Å². The van der Waals surface area contributed by atoms with Crippen molar-refractivity contribution in [3.63, 3.8) is 0 Å². The summed E-state index contributed by atoms with van der Waals surface area (Å²) in [6.07, 6.45) is 7.71. The summed E-state index contributed by atoms with van der Waals surface area (Å²) in [5.41, 5.74) is 11.7. The maximum absolute atomic E-state index is 15.2. The summed E-state index contributed by atoms with van der Waals surface area (Å²) in [4.78, 5) is 219. The Morgan fingerprint density at radius 1 is 0.598 bits per heavy atom. The number of carbonyl (C=O) groups is 16. The van der Waals surface area contributed by atoms with E-state index in [0.29, 0.717) is 12.3 Å². The Bertz CT molecular complexity index is 2720. The highest BCUT2D eigenvalue weighted by Gasteiger charge is 2.45. The van der Waals surface area contributed by atoms with Crippen LogP contribution in [0.5, 0.6) is 0 Å². The van der Waals surface area contributed by atoms with Gasteiger partial charge < -0.3 is 89.8 Å². The van der Waals surface area contributed by atoms with Crippen molar-refractivity contribution < 1.29 is 92.0 Å². The number of carbonyl (C=O) groups excluding carboxylic acids is 13. The van der Waals surface area contributed by atoms with Gasteiger partial charge in [-0.25, -0.2) is 0 Å². The first-order valence-corrected chi connectivity index (χ1v) is 31.2. The Hall–Kier alpha value is -8.78. The van der Waals surface area contributed by atoms with Crippen molar-refractivity contribution in [3.8, 4) is 0 Å². The van der Waals surface area contributed by atoms with Crippen LogP contribution < -0.4 is 64.6 Å². The summed E-state index contributed by atoms with van der Waals surface area (Å²) >= 11 is 0. The van der Waals surface area contributed by atoms with Gasteiger partial charge in [-0.15, -0.1) is 0 Å². The first kappa shape index (κ1) is 77.5. The minimum Gasteiger partial charge on any atom is -0.481 e. The second kappa shape index (κ2) is 38.2. The zero-order chi connectivity index (χ0) is 69.1. The normalized spacial score (nSPS) is 25.2. The van der Waals surface area contributed by atoms with E-state index in [-0.39, 0.29) is 51.6 Å². The quantitative estimate of drug-likeness (QED) is 0.0347. The molecule has 3 heterocycles. The van der Waals surface area contributed by atoms with E-state index in [1.54, 1.807) is 19.9 Å². The molecule has 33 heteroatoms. The van der Waals surface area contributed by atoms with Crippen LogP contribution >= 0.6 is 0 Å². The zero-order valence-electron chi connectivity index (χ0n) is 53.3. The predicted molar refractivity (Wildman–Crippen MR) is 326 cm³/mol. The molecule has 3 aliphatic rings. The molecule has 12 atom stereocenters. The summed E-state index contributed by atoms with van der Waals surface area (Å²) < 4.78 is 0. The van der Waals surface area contributed by atoms with Crippen LogP contribution in [0, 0.1) is 17.8 Å². The molecule has 0 aromatic carbocycles. The summed E-state index contributed by atoms with van der Waals surface area (Å²) in [6, 6.07) is -18.3. The van der Waals surface area contributed by atoms with Gasteiger partial charge in [0.25, 0.3) is 0 Å². The van der Waals surface area contributed by atoms with Crippen LogP contribution in [-0.4, -0.2) is 212 Å². The first-order valence-electron chi connectivity index (χ1n) is 31.2. The number of hydrogen-bond donors (Lipinski definition) is 15. The van der Waals surface area contributed by atoms with Gasteiger partial charge in [-0.3, -0.25) is 76.7 Å². The third kappa shape index (κ3) is 25.5. The number of carboxylic acid groups (broad SMARTS) is 3. The number of nitrogens with one attached hydrogen (secondary N) is 10. The van der Waals surface area contributed by atoms with Crippen LogP contribution in [0.25, 0.3) is 0 Å². The Kier molecular flexibility index (Phi) is 32.1. The number of hydrogen-bond acceptors (Lipinski definition) is 17. The molecule has 3 fully saturated rings. The number of amides is 13. The number of piperidine rings is 1. The number of fused-ring (bicyclic) bond motifs is 2. The molecule has 0 spiro atoms. The van der Waals surface area contributed by atoms with E-state index in [1.165, 1.54) is 18.7 Å². The monoisotopic (exact) mass is 1300 g/mol. The minimum atomic E-state index is -2.13. The van der Waals surface area contributed by atoms with Gasteiger partial charge in [0, 0.05) is 25.6 Å². The molecule has 92 heavy (non-hydrogen) atoms. The van der Waals surface area contributed by atoms with Crippen LogP contribution in [-0.2, 0) is 76.7 Å². The lowest BCUT2D eigenvalue weighted by Crippen LogP contribution is -2.66. The summed E-state index contributed by atoms with van der Waals surface area (Å²) in [7, 11) is 0. The highest BCUT2D eigenvalue weighted by atomic mass is 16.4. The van der Waals surface area contributed by atoms with Gasteiger partial charge >= 0.3 is 17.9 Å². The molecule has 0 aliphatic carbocycles. The fraction of sp³-hybridized carbons (Fsp3) is 0.695. The molecular formula is C59H94N14O19. The smallest absolute Gasteiger partial charge is 0.308 e. The maximum Gasteiger partial charge on any atom is 0.308 e. The second-order valence-corrected chi connectivity index (χ2v) is 24.3. The molecule has 0 saturated carbocycles. The maximum atomic E-state index is 15.2. The Labute approximate surface area is 533 Å². The SMILES string of the molecule is CC(C)CCCCCCC/C=C\CC(=O)N[C@@H](CC(N)=O)C(=O)N[C@@H]1C(=O)N2CCCC[C@H]2C(=O)N[C@@H](C(C)C(=O)O)C(=O)N[C@@H](CC(=O)O)C(=O)NCC(=O)N[C@@H](CC(=O)O)C(=O)NCC(=O)N[C@@H](C(C)N)C(=O)N[C@@H](C(C)C)C(=O)N2CCC[C@H]2C(=O)NC1C. The highest BCUT2D eigenvalue weighted by molar-refractivity contribution is 6.01. The van der Waals surface area contributed by atoms with Crippen LogP contribution in [0.4, 0.5) is 0 Å². The van der Waals surface area contributed by atoms with Gasteiger partial charge in [-0.1, -0.05) is 72.0 Å². The number of nitrogens with zero attached hydrogens (tertiary/aromatic N) is 2. The number of nitrogens with two attached hydrogens (primary N) is 2. The number of unbranched alkanes of at least 4 members (excludes halogenated alkanes) is 5. The summed E-state index contributed by atoms with van der Waals surface area (Å²) in [5, 5.41) is 52.6. The summed E-state index contributed by atoms with van der Waals surface area (Å²) in [5.74, 6) is -21.1. The van der Waals surface area contributed by atoms with E-state index in [9.17, 15) is 87.2 Å². The fourth-order valence-corrected chi connectivity index (χ4v) is 10.6. The number of aliphatic carboxylic acids is 3. The first-order chi connectivity index (χ1) is 43.2. The Balaban J connectivity index is 2.16. The standard InChI is InChI=1S/C59H94N14O19/c1-30(2)19-14-12-10-8-9-11-13-15-22-41(75)65-35(25-40(61)74)52(84)71-49-34(7)64-53(85)39-21-18-24-73(39)57(89)46(31(3)4)69-56(88)48(33(6)60)68-43(77)29-63-50(82)36(26-44(78)79)66-42(76)28-62-51(83)37(27-45(80)81)67-55(87)47(32(5)59(91)92)70-54(86)38-20-16-17-23-72(38)58(49)90/h13,15,30-39,46-49H,8-12,14,16-29,60H2,1-7H3,(H2,61,74)(H,62,83)(H,63,82)(H,64,85)(H,65,75)(H,66,76)(H,67,87)(H,68,77)(H,69,88)(H,70,86)(H,71,84)(H,78,79)(H,80,81)(H,91,92)/b15-13-/t32?,33?,34?,35-,36-,37-,38-,39-,46-,47-,48-,49-/m0/s1. The average Bonchev–Trinajstić information content (AvgIpc) is 1.26. The second-order valence-electron chi connectivity index (χ2n) is 24.3. The average molecular weight is 1300 g/mol. The Morgan fingerprint density at radius 2 is 1.12 bits per heavy atom. The molecule has 3 unspecified atom stereocenters. The van der Waals surface area contributed by atoms with Gasteiger partial charge in [0.2, 0.25) is 76.8 Å². The van der Waals surface area contributed by atoms with Crippen molar-refractivity contribution in [1.82, 2.24) is 63.0 Å². The lowest BCUT2D eigenvalue weighted by atomic mass is 9.96. The minimum absolute atomic E-state index is 0.0284. The van der Waals surface area contributed by atoms with Gasteiger partial charge in [0.05, 0.1) is 44.3 Å². The Morgan fingerprint density at radius 3 is 1.68 bits per heavy atom. The molecule has 3 rings (SSSR count). The highest BCUT2D eigenvalue weighted by Crippen LogP contribution is 2.24. The van der Waals surface area contributed by atoms with E-state index in [0.717, 1.165) is 50.3 Å². The van der Waals surface area contributed by atoms with E-state index in [2.05, 4.69) is 56.4 Å². The van der Waals surface area contributed by atoms with E-state index < -0.39 is 205 Å². The fourth-order valence-electron chi connectivity index (χ4n) is 10.6. The van der Waals surface area contributed by atoms with Gasteiger partial charge in [-0.05, 0) is 77.6 Å². The molecule has 0 aromatic heterocycles. The topological polar surface area (TPSA) is 513 Å².